The molecule has 1 aromatic carbocycles. The van der Waals surface area contributed by atoms with Gasteiger partial charge in [-0.15, -0.1) is 0 Å². The number of nitro groups is 1. The van der Waals surface area contributed by atoms with Crippen LogP contribution in [0.4, 0.5) is 5.69 Å². The molecule has 0 radical (unpaired) electrons. The molecular weight excluding hydrogens is 369 g/mol. The van der Waals surface area contributed by atoms with Gasteiger partial charge >= 0.3 is 18.7 Å². The quantitative estimate of drug-likeness (QED) is 0.239. The zero-order valence-electron chi connectivity index (χ0n) is 13.0. The number of hydrogen-bond acceptors (Lipinski definition) is 6. The summed E-state index contributed by atoms with van der Waals surface area (Å²) in [7, 11) is -4.44. The van der Waals surface area contributed by atoms with Gasteiger partial charge < -0.3 is 23.9 Å². The van der Waals surface area contributed by atoms with Gasteiger partial charge in [-0.2, -0.15) is 0 Å². The van der Waals surface area contributed by atoms with E-state index in [1.54, 1.807) is 0 Å². The summed E-state index contributed by atoms with van der Waals surface area (Å²) in [4.78, 5) is 58.9. The highest BCUT2D eigenvalue weighted by Crippen LogP contribution is 2.34. The molecule has 0 bridgehead atoms. The first-order valence-corrected chi connectivity index (χ1v) is 8.95. The van der Waals surface area contributed by atoms with Crippen molar-refractivity contribution in [2.45, 2.75) is 6.54 Å². The zero-order valence-corrected chi connectivity index (χ0v) is 13.9. The zero-order chi connectivity index (χ0) is 19.1. The van der Waals surface area contributed by atoms with E-state index in [0.29, 0.717) is 0 Å². The molecule has 0 atom stereocenters. The normalized spacial score (nSPS) is 11.8. The number of nitro benzene ring substituents is 1. The number of benzene rings is 1. The Kier molecular flexibility index (Phi) is 4.32. The maximum absolute atomic E-state index is 12.1. The molecule has 0 unspecified atom stereocenters. The number of rotatable bonds is 5. The Hall–Kier alpha value is -3.08. The lowest BCUT2D eigenvalue weighted by atomic mass is 10.2. The molecule has 0 aliphatic rings. The number of hydrogen-bond donors (Lipinski definition) is 3. The topological polar surface area (TPSA) is 173 Å². The smallest absolute Gasteiger partial charge is 0.324 e. The van der Waals surface area contributed by atoms with Crippen molar-refractivity contribution >= 4 is 24.3 Å². The van der Waals surface area contributed by atoms with Gasteiger partial charge in [0.2, 0.25) is 0 Å². The van der Waals surface area contributed by atoms with Gasteiger partial charge in [-0.05, 0) is 6.07 Å². The Morgan fingerprint density at radius 2 is 2.04 bits per heavy atom. The van der Waals surface area contributed by atoms with Crippen LogP contribution in [-0.4, -0.2) is 40.0 Å². The van der Waals surface area contributed by atoms with Gasteiger partial charge in [-0.3, -0.25) is 24.3 Å². The number of H-pyrrole nitrogens is 1. The summed E-state index contributed by atoms with van der Waals surface area (Å²) in [6.07, 6.45) is 3.52. The third kappa shape index (κ3) is 3.33. The van der Waals surface area contributed by atoms with Crippen LogP contribution in [0.2, 0.25) is 0 Å². The lowest BCUT2D eigenvalue weighted by Crippen LogP contribution is -2.37. The van der Waals surface area contributed by atoms with Gasteiger partial charge in [0.05, 0.1) is 28.4 Å². The predicted octanol–water partition coefficient (Wildman–Crippen LogP) is -0.0386. The molecule has 13 heteroatoms. The van der Waals surface area contributed by atoms with Crippen LogP contribution in [0, 0.1) is 10.1 Å². The van der Waals surface area contributed by atoms with Gasteiger partial charge in [0, 0.05) is 25.0 Å². The number of imidazole rings is 1. The van der Waals surface area contributed by atoms with Crippen LogP contribution in [0.25, 0.3) is 16.7 Å². The standard InChI is InChI=1S/C13H12N5O7P/c19-12-13(20)17(3-4-26(23,24)25)9-6-11(18(21)22)10(5-8(9)15-12)16-2-1-14-7-16/h1-2,5-7H,3-4H2,(H,15,19)(H2,23,24,25). The minimum absolute atomic E-state index is 0.0152. The highest BCUT2D eigenvalue weighted by atomic mass is 31.2. The van der Waals surface area contributed by atoms with Gasteiger partial charge in [0.15, 0.2) is 0 Å². The average Bonchev–Trinajstić information content (AvgIpc) is 3.07. The van der Waals surface area contributed by atoms with Crippen LogP contribution in [0.1, 0.15) is 0 Å². The van der Waals surface area contributed by atoms with Crippen molar-refractivity contribution in [2.75, 3.05) is 6.16 Å². The van der Waals surface area contributed by atoms with Crippen LogP contribution in [0.3, 0.4) is 0 Å². The van der Waals surface area contributed by atoms with E-state index in [0.717, 1.165) is 10.6 Å². The molecule has 3 aromatic rings. The minimum atomic E-state index is -4.44. The van der Waals surface area contributed by atoms with Gasteiger partial charge in [0.1, 0.15) is 5.69 Å². The van der Waals surface area contributed by atoms with Crippen LogP contribution in [0.5, 0.6) is 0 Å². The summed E-state index contributed by atoms with van der Waals surface area (Å²) in [5, 5.41) is 11.4. The van der Waals surface area contributed by atoms with E-state index in [4.69, 9.17) is 9.79 Å². The Morgan fingerprint density at radius 3 is 2.62 bits per heavy atom. The second kappa shape index (κ2) is 6.33. The van der Waals surface area contributed by atoms with Crippen molar-refractivity contribution < 1.29 is 19.3 Å². The first kappa shape index (κ1) is 17.7. The van der Waals surface area contributed by atoms with Gasteiger partial charge in [-0.1, -0.05) is 0 Å². The summed E-state index contributed by atoms with van der Waals surface area (Å²) in [6.45, 7) is -0.467. The molecule has 3 rings (SSSR count). The van der Waals surface area contributed by atoms with E-state index in [1.807, 2.05) is 0 Å². The maximum Gasteiger partial charge on any atom is 0.327 e. The van der Waals surface area contributed by atoms with Gasteiger partial charge in [0.25, 0.3) is 5.69 Å². The summed E-state index contributed by atoms with van der Waals surface area (Å²) in [5.74, 6) is 0. The van der Waals surface area contributed by atoms with Crippen LogP contribution >= 0.6 is 7.60 Å². The summed E-state index contributed by atoms with van der Waals surface area (Å²) < 4.78 is 13.3. The van der Waals surface area contributed by atoms with E-state index in [9.17, 15) is 24.3 Å². The number of aryl methyl sites for hydroxylation is 1. The SMILES string of the molecule is O=c1[nH]c2cc(-n3ccnc3)c([N+](=O)[O-])cc2n(CCP(=O)(O)O)c1=O. The number of fused-ring (bicyclic) bond motifs is 1. The van der Waals surface area contributed by atoms with Crippen molar-refractivity contribution in [1.82, 2.24) is 19.1 Å². The van der Waals surface area contributed by atoms with Crippen molar-refractivity contribution in [3.05, 3.63) is 61.7 Å². The summed E-state index contributed by atoms with van der Waals surface area (Å²) in [5.41, 5.74) is -2.24. The van der Waals surface area contributed by atoms with Crippen LogP contribution < -0.4 is 11.1 Å². The molecule has 0 aliphatic heterocycles. The third-order valence-electron chi connectivity index (χ3n) is 3.67. The molecule has 0 fully saturated rings. The Bertz CT molecular complexity index is 1160. The van der Waals surface area contributed by atoms with E-state index >= 15 is 0 Å². The summed E-state index contributed by atoms with van der Waals surface area (Å²) >= 11 is 0. The molecular formula is C13H12N5O7P. The van der Waals surface area contributed by atoms with Crippen molar-refractivity contribution in [2.24, 2.45) is 0 Å². The van der Waals surface area contributed by atoms with Gasteiger partial charge in [-0.25, -0.2) is 4.98 Å². The Labute approximate surface area is 143 Å². The fourth-order valence-corrected chi connectivity index (χ4v) is 2.96. The molecule has 0 amide bonds. The van der Waals surface area contributed by atoms with Crippen LogP contribution in [-0.2, 0) is 11.1 Å². The van der Waals surface area contributed by atoms with E-state index < -0.39 is 36.3 Å². The fourth-order valence-electron chi connectivity index (χ4n) is 2.50. The van der Waals surface area contributed by atoms with E-state index in [2.05, 4.69) is 9.97 Å². The maximum atomic E-state index is 12.1. The van der Waals surface area contributed by atoms with Crippen molar-refractivity contribution in [3.8, 4) is 5.69 Å². The largest absolute Gasteiger partial charge is 0.327 e. The lowest BCUT2D eigenvalue weighted by Gasteiger charge is -2.12. The number of nitrogens with zero attached hydrogens (tertiary/aromatic N) is 4. The molecule has 0 saturated carbocycles. The molecule has 26 heavy (non-hydrogen) atoms. The molecule has 0 saturated heterocycles. The van der Waals surface area contributed by atoms with Crippen LogP contribution in [0.15, 0.2) is 40.4 Å². The molecule has 0 aliphatic carbocycles. The third-order valence-corrected chi connectivity index (χ3v) is 4.45. The molecule has 2 aromatic heterocycles. The van der Waals surface area contributed by atoms with Crippen molar-refractivity contribution in [3.63, 3.8) is 0 Å². The number of nitrogens with one attached hydrogen (secondary N) is 1. The highest BCUT2D eigenvalue weighted by molar-refractivity contribution is 7.51. The molecule has 2 heterocycles. The number of aromatic nitrogens is 4. The molecule has 0 spiro atoms. The molecule has 3 N–H and O–H groups in total. The predicted molar refractivity (Wildman–Crippen MR) is 89.5 cm³/mol. The fraction of sp³-hybridized carbons (Fsp3) is 0.154. The first-order valence-electron chi connectivity index (χ1n) is 7.15. The first-order chi connectivity index (χ1) is 12.2. The summed E-state index contributed by atoms with van der Waals surface area (Å²) in [6, 6.07) is 2.37. The van der Waals surface area contributed by atoms with E-state index in [1.165, 1.54) is 29.4 Å². The monoisotopic (exact) mass is 381 g/mol. The minimum Gasteiger partial charge on any atom is -0.324 e. The average molecular weight is 381 g/mol. The van der Waals surface area contributed by atoms with E-state index in [-0.39, 0.29) is 22.4 Å². The lowest BCUT2D eigenvalue weighted by molar-refractivity contribution is -0.384. The van der Waals surface area contributed by atoms with Crippen molar-refractivity contribution in [1.29, 1.82) is 0 Å². The second-order valence-electron chi connectivity index (χ2n) is 5.38. The Balaban J connectivity index is 2.31. The second-order valence-corrected chi connectivity index (χ2v) is 7.16. The highest BCUT2D eigenvalue weighted by Gasteiger charge is 2.21. The Morgan fingerprint density at radius 1 is 1.31 bits per heavy atom. The number of aromatic amines is 1. The molecule has 12 nitrogen and oxygen atoms in total. The molecule has 136 valence electrons.